The summed E-state index contributed by atoms with van der Waals surface area (Å²) in [6, 6.07) is 7.11. The van der Waals surface area contributed by atoms with Crippen molar-refractivity contribution in [1.82, 2.24) is 20.2 Å². The van der Waals surface area contributed by atoms with Gasteiger partial charge >= 0.3 is 6.47 Å². The minimum Gasteiger partial charge on any atom is -0.370 e. The molecule has 30 heavy (non-hydrogen) atoms. The van der Waals surface area contributed by atoms with Crippen LogP contribution in [-0.4, -0.2) is 77.0 Å². The second-order valence-electron chi connectivity index (χ2n) is 8.42. The Balaban J connectivity index is 1.43. The second-order valence-corrected chi connectivity index (χ2v) is 9.64. The second kappa shape index (κ2) is 8.11. The van der Waals surface area contributed by atoms with Crippen molar-refractivity contribution in [2.24, 2.45) is 0 Å². The number of piperidine rings is 1. The lowest BCUT2D eigenvalue weighted by atomic mass is 9.98. The fraction of sp³-hybridized carbons (Fsp3) is 0.571. The number of nitrogens with one attached hydrogen (secondary N) is 1. The van der Waals surface area contributed by atoms with Gasteiger partial charge in [-0.05, 0) is 50.9 Å². The standard InChI is InChI=1S/C21H27N5O3S/c1-24-15-2-3-16(24)11-14(10-15)22-21(28)20-18-12-17(25-6-8-30-9-7-25)4-5-19(18)26(23-20)29-13-27/h4-5,12-16H,2-3,6-11H2,1H3,(H,22,28). The Morgan fingerprint density at radius 1 is 1.23 bits per heavy atom. The summed E-state index contributed by atoms with van der Waals surface area (Å²) >= 11 is 1.96. The van der Waals surface area contributed by atoms with Crippen LogP contribution in [0.5, 0.6) is 0 Å². The molecule has 8 nitrogen and oxygen atoms in total. The van der Waals surface area contributed by atoms with Crippen molar-refractivity contribution in [3.05, 3.63) is 23.9 Å². The lowest BCUT2D eigenvalue weighted by Gasteiger charge is -2.36. The minimum atomic E-state index is -0.200. The molecule has 160 valence electrons. The molecule has 3 aliphatic rings. The molecule has 0 aliphatic carbocycles. The smallest absolute Gasteiger partial charge is 0.323 e. The van der Waals surface area contributed by atoms with Crippen molar-refractivity contribution < 1.29 is 14.4 Å². The third kappa shape index (κ3) is 3.54. The molecule has 3 saturated heterocycles. The SMILES string of the molecule is CN1C2CCC1CC(NC(=O)c1nn(OC=O)c3ccc(N4CCSCC4)cc13)C2. The molecule has 1 N–H and O–H groups in total. The molecule has 2 unspecified atom stereocenters. The summed E-state index contributed by atoms with van der Waals surface area (Å²) in [6.07, 6.45) is 4.35. The minimum absolute atomic E-state index is 0.153. The normalized spacial score (nSPS) is 26.7. The van der Waals surface area contributed by atoms with E-state index in [1.807, 2.05) is 30.0 Å². The van der Waals surface area contributed by atoms with Crippen molar-refractivity contribution >= 4 is 40.7 Å². The van der Waals surface area contributed by atoms with Gasteiger partial charge in [0.1, 0.15) is 5.52 Å². The van der Waals surface area contributed by atoms with Crippen LogP contribution in [0.25, 0.3) is 10.9 Å². The predicted molar refractivity (Wildman–Crippen MR) is 117 cm³/mol. The largest absolute Gasteiger partial charge is 0.370 e. The van der Waals surface area contributed by atoms with Crippen LogP contribution in [0, 0.1) is 0 Å². The molecule has 2 atom stereocenters. The van der Waals surface area contributed by atoms with E-state index in [1.165, 1.54) is 12.8 Å². The Bertz CT molecular complexity index is 944. The van der Waals surface area contributed by atoms with Crippen molar-refractivity contribution in [3.63, 3.8) is 0 Å². The molecule has 1 aromatic heterocycles. The summed E-state index contributed by atoms with van der Waals surface area (Å²) in [5, 5.41) is 8.23. The van der Waals surface area contributed by atoms with Crippen LogP contribution in [0.4, 0.5) is 5.69 Å². The summed E-state index contributed by atoms with van der Waals surface area (Å²) < 4.78 is 0. The number of rotatable bonds is 5. The molecular formula is C21H27N5O3S. The van der Waals surface area contributed by atoms with E-state index in [-0.39, 0.29) is 11.9 Å². The molecule has 2 bridgehead atoms. The molecule has 2 aromatic rings. The van der Waals surface area contributed by atoms with Crippen LogP contribution in [0.1, 0.15) is 36.2 Å². The number of hydrogen-bond acceptors (Lipinski definition) is 7. The maximum absolute atomic E-state index is 13.2. The molecule has 0 spiro atoms. The molecule has 0 saturated carbocycles. The topological polar surface area (TPSA) is 79.7 Å². The summed E-state index contributed by atoms with van der Waals surface area (Å²) in [7, 11) is 2.19. The molecule has 4 heterocycles. The van der Waals surface area contributed by atoms with Crippen LogP contribution in [0.3, 0.4) is 0 Å². The number of hydrogen-bond donors (Lipinski definition) is 1. The zero-order valence-corrected chi connectivity index (χ0v) is 17.9. The number of fused-ring (bicyclic) bond motifs is 3. The zero-order chi connectivity index (χ0) is 20.7. The highest BCUT2D eigenvalue weighted by Gasteiger charge is 2.39. The Kier molecular flexibility index (Phi) is 5.32. The summed E-state index contributed by atoms with van der Waals surface area (Å²) in [5.74, 6) is 1.99. The fourth-order valence-corrected chi connectivity index (χ4v) is 6.07. The summed E-state index contributed by atoms with van der Waals surface area (Å²) in [5.41, 5.74) is 2.00. The van der Waals surface area contributed by atoms with E-state index in [9.17, 15) is 9.59 Å². The Morgan fingerprint density at radius 3 is 2.67 bits per heavy atom. The molecule has 3 fully saturated rings. The van der Waals surface area contributed by atoms with Gasteiger partial charge in [-0.3, -0.25) is 9.59 Å². The van der Waals surface area contributed by atoms with E-state index in [0.717, 1.165) is 48.0 Å². The van der Waals surface area contributed by atoms with Gasteiger partial charge in [0.25, 0.3) is 5.91 Å². The average molecular weight is 430 g/mol. The number of carbonyl (C=O) groups excluding carboxylic acids is 2. The van der Waals surface area contributed by atoms with Crippen molar-refractivity contribution in [3.8, 4) is 0 Å². The number of carbonyl (C=O) groups is 2. The van der Waals surface area contributed by atoms with Gasteiger partial charge in [0.05, 0.1) is 0 Å². The lowest BCUT2D eigenvalue weighted by molar-refractivity contribution is -0.130. The first-order chi connectivity index (χ1) is 14.6. The van der Waals surface area contributed by atoms with Gasteiger partial charge in [-0.25, -0.2) is 0 Å². The van der Waals surface area contributed by atoms with E-state index in [0.29, 0.717) is 35.2 Å². The van der Waals surface area contributed by atoms with Gasteiger partial charge < -0.3 is 20.0 Å². The highest BCUT2D eigenvalue weighted by Crippen LogP contribution is 2.34. The number of nitrogens with zero attached hydrogens (tertiary/aromatic N) is 4. The third-order valence-corrected chi connectivity index (χ3v) is 7.74. The summed E-state index contributed by atoms with van der Waals surface area (Å²) in [6.45, 7) is 2.29. The molecular weight excluding hydrogens is 402 g/mol. The van der Waals surface area contributed by atoms with E-state index in [1.54, 1.807) is 0 Å². The van der Waals surface area contributed by atoms with Crippen molar-refractivity contribution in [2.75, 3.05) is 36.5 Å². The molecule has 0 radical (unpaired) electrons. The number of anilines is 1. The number of amides is 1. The van der Waals surface area contributed by atoms with Gasteiger partial charge in [-0.1, -0.05) is 4.85 Å². The number of thioether (sulfide) groups is 1. The van der Waals surface area contributed by atoms with Gasteiger partial charge in [0, 0.05) is 53.8 Å². The molecule has 5 rings (SSSR count). The molecule has 9 heteroatoms. The fourth-order valence-electron chi connectivity index (χ4n) is 5.17. The molecule has 1 aromatic carbocycles. The first kappa shape index (κ1) is 19.7. The average Bonchev–Trinajstić information content (AvgIpc) is 3.20. The first-order valence-corrected chi connectivity index (χ1v) is 11.8. The van der Waals surface area contributed by atoms with Gasteiger partial charge in [-0.2, -0.15) is 11.8 Å². The first-order valence-electron chi connectivity index (χ1n) is 10.6. The van der Waals surface area contributed by atoms with E-state index >= 15 is 0 Å². The van der Waals surface area contributed by atoms with Crippen LogP contribution in [0.2, 0.25) is 0 Å². The maximum Gasteiger partial charge on any atom is 0.323 e. The van der Waals surface area contributed by atoms with E-state index < -0.39 is 0 Å². The monoisotopic (exact) mass is 429 g/mol. The number of aromatic nitrogens is 2. The lowest BCUT2D eigenvalue weighted by Crippen LogP contribution is -2.48. The highest BCUT2D eigenvalue weighted by molar-refractivity contribution is 7.99. The van der Waals surface area contributed by atoms with Crippen molar-refractivity contribution in [1.29, 1.82) is 0 Å². The van der Waals surface area contributed by atoms with Crippen molar-refractivity contribution in [2.45, 2.75) is 43.8 Å². The Hall–Kier alpha value is -2.26. The van der Waals surface area contributed by atoms with Gasteiger partial charge in [0.15, 0.2) is 5.69 Å². The quantitative estimate of drug-likeness (QED) is 0.722. The van der Waals surface area contributed by atoms with Crippen LogP contribution in [-0.2, 0) is 4.79 Å². The van der Waals surface area contributed by atoms with Crippen LogP contribution in [0.15, 0.2) is 18.2 Å². The van der Waals surface area contributed by atoms with Gasteiger partial charge in [0.2, 0.25) is 0 Å². The van der Waals surface area contributed by atoms with E-state index in [2.05, 4.69) is 27.3 Å². The maximum atomic E-state index is 13.2. The Morgan fingerprint density at radius 2 is 1.97 bits per heavy atom. The predicted octanol–water partition coefficient (Wildman–Crippen LogP) is 1.53. The van der Waals surface area contributed by atoms with Crippen LogP contribution >= 0.6 is 11.8 Å². The van der Waals surface area contributed by atoms with Crippen LogP contribution < -0.4 is 15.1 Å². The highest BCUT2D eigenvalue weighted by atomic mass is 32.2. The molecule has 1 amide bonds. The number of benzene rings is 1. The van der Waals surface area contributed by atoms with Gasteiger partial charge in [-0.15, -0.1) is 5.10 Å². The molecule has 3 aliphatic heterocycles. The zero-order valence-electron chi connectivity index (χ0n) is 17.1. The summed E-state index contributed by atoms with van der Waals surface area (Å²) in [4.78, 5) is 35.1. The third-order valence-electron chi connectivity index (χ3n) is 6.80. The van der Waals surface area contributed by atoms with E-state index in [4.69, 9.17) is 4.84 Å². The Labute approximate surface area is 179 Å².